The molecular weight excluding hydrogens is 272 g/mol. The van der Waals surface area contributed by atoms with Gasteiger partial charge in [0.2, 0.25) is 0 Å². The van der Waals surface area contributed by atoms with Crippen LogP contribution in [-0.4, -0.2) is 22.6 Å². The molecule has 2 N–H and O–H groups in total. The van der Waals surface area contributed by atoms with E-state index in [0.717, 1.165) is 10.4 Å². The first-order chi connectivity index (χ1) is 9.69. The normalized spacial score (nSPS) is 9.70. The topological polar surface area (TPSA) is 62.2 Å². The highest BCUT2D eigenvalue weighted by Gasteiger charge is 2.09. The zero-order chi connectivity index (χ0) is 14.4. The van der Waals surface area contributed by atoms with Gasteiger partial charge in [-0.25, -0.2) is 0 Å². The van der Waals surface area contributed by atoms with Crippen molar-refractivity contribution in [1.29, 1.82) is 0 Å². The van der Waals surface area contributed by atoms with Crippen LogP contribution in [0, 0.1) is 18.8 Å². The van der Waals surface area contributed by atoms with E-state index in [1.807, 2.05) is 13.0 Å². The van der Waals surface area contributed by atoms with Crippen molar-refractivity contribution in [2.75, 3.05) is 11.9 Å². The molecule has 2 heterocycles. The largest absolute Gasteiger partial charge is 0.395 e. The van der Waals surface area contributed by atoms with Gasteiger partial charge in [0, 0.05) is 12.6 Å². The predicted octanol–water partition coefficient (Wildman–Crippen LogP) is 2.44. The smallest absolute Gasteiger partial charge is 0.265 e. The number of pyridine rings is 1. The van der Waals surface area contributed by atoms with Gasteiger partial charge in [0.15, 0.2) is 0 Å². The number of aromatic nitrogens is 1. The fraction of sp³-hybridized carbons (Fsp3) is 0.200. The molecule has 0 aliphatic rings. The van der Waals surface area contributed by atoms with Crippen molar-refractivity contribution in [3.8, 4) is 11.8 Å². The first kappa shape index (κ1) is 14.3. The second-order valence-corrected chi connectivity index (χ2v) is 5.23. The van der Waals surface area contributed by atoms with Gasteiger partial charge in [-0.3, -0.25) is 9.78 Å². The van der Waals surface area contributed by atoms with Crippen LogP contribution in [0.1, 0.15) is 26.5 Å². The average Bonchev–Trinajstić information content (AvgIpc) is 2.88. The third-order valence-corrected chi connectivity index (χ3v) is 3.41. The van der Waals surface area contributed by atoms with Crippen molar-refractivity contribution in [2.45, 2.75) is 13.3 Å². The number of rotatable bonds is 3. The summed E-state index contributed by atoms with van der Waals surface area (Å²) in [6.07, 6.45) is 3.78. The first-order valence-electron chi connectivity index (χ1n) is 6.11. The van der Waals surface area contributed by atoms with Gasteiger partial charge in [0.05, 0.1) is 28.2 Å². The molecule has 0 bridgehead atoms. The second-order valence-electron chi connectivity index (χ2n) is 4.14. The van der Waals surface area contributed by atoms with Crippen LogP contribution in [0.15, 0.2) is 30.6 Å². The summed E-state index contributed by atoms with van der Waals surface area (Å²) in [4.78, 5) is 17.5. The SMILES string of the molecule is Cc1cncc(NC(=O)c2ccc(C#CCCO)s2)c1. The van der Waals surface area contributed by atoms with E-state index in [9.17, 15) is 4.79 Å². The Labute approximate surface area is 121 Å². The molecule has 1 amide bonds. The lowest BCUT2D eigenvalue weighted by Gasteiger charge is -2.03. The summed E-state index contributed by atoms with van der Waals surface area (Å²) in [5, 5.41) is 11.5. The Morgan fingerprint density at radius 1 is 1.45 bits per heavy atom. The van der Waals surface area contributed by atoms with Crippen molar-refractivity contribution in [3.63, 3.8) is 0 Å². The summed E-state index contributed by atoms with van der Waals surface area (Å²) >= 11 is 1.33. The van der Waals surface area contributed by atoms with Gasteiger partial charge in [0.1, 0.15) is 0 Å². The van der Waals surface area contributed by atoms with Gasteiger partial charge in [-0.15, -0.1) is 11.3 Å². The summed E-state index contributed by atoms with van der Waals surface area (Å²) in [5.74, 6) is 5.57. The number of carbonyl (C=O) groups is 1. The van der Waals surface area contributed by atoms with Gasteiger partial charge in [-0.2, -0.15) is 0 Å². The minimum atomic E-state index is -0.169. The van der Waals surface area contributed by atoms with E-state index in [1.165, 1.54) is 11.3 Å². The molecule has 2 aromatic rings. The molecule has 20 heavy (non-hydrogen) atoms. The van der Waals surface area contributed by atoms with Crippen molar-refractivity contribution in [3.05, 3.63) is 45.9 Å². The predicted molar refractivity (Wildman–Crippen MR) is 79.8 cm³/mol. The summed E-state index contributed by atoms with van der Waals surface area (Å²) < 4.78 is 0. The molecule has 0 radical (unpaired) electrons. The number of thiophene rings is 1. The first-order valence-corrected chi connectivity index (χ1v) is 6.93. The highest BCUT2D eigenvalue weighted by Crippen LogP contribution is 2.17. The van der Waals surface area contributed by atoms with E-state index >= 15 is 0 Å². The van der Waals surface area contributed by atoms with Crippen molar-refractivity contribution in [2.24, 2.45) is 0 Å². The van der Waals surface area contributed by atoms with Gasteiger partial charge >= 0.3 is 0 Å². The van der Waals surface area contributed by atoms with Crippen LogP contribution in [0.5, 0.6) is 0 Å². The minimum Gasteiger partial charge on any atom is -0.395 e. The maximum absolute atomic E-state index is 12.1. The maximum atomic E-state index is 12.1. The second kappa shape index (κ2) is 6.85. The molecule has 0 unspecified atom stereocenters. The highest BCUT2D eigenvalue weighted by atomic mass is 32.1. The summed E-state index contributed by atoms with van der Waals surface area (Å²) in [6.45, 7) is 1.97. The standard InChI is InChI=1S/C15H14N2O2S/c1-11-8-12(10-16-9-11)17-15(19)14-6-5-13(20-14)4-2-3-7-18/h5-6,8-10,18H,3,7H2,1H3,(H,17,19). The van der Waals surface area contributed by atoms with E-state index in [2.05, 4.69) is 22.1 Å². The number of nitrogens with zero attached hydrogens (tertiary/aromatic N) is 1. The fourth-order valence-corrected chi connectivity index (χ4v) is 2.32. The molecule has 0 atom stereocenters. The van der Waals surface area contributed by atoms with Crippen LogP contribution in [-0.2, 0) is 0 Å². The number of hydrogen-bond acceptors (Lipinski definition) is 4. The van der Waals surface area contributed by atoms with Crippen LogP contribution in [0.4, 0.5) is 5.69 Å². The van der Waals surface area contributed by atoms with E-state index in [1.54, 1.807) is 24.5 Å². The molecular formula is C15H14N2O2S. The van der Waals surface area contributed by atoms with Gasteiger partial charge in [0.25, 0.3) is 5.91 Å². The molecule has 0 saturated carbocycles. The zero-order valence-corrected chi connectivity index (χ0v) is 11.8. The summed E-state index contributed by atoms with van der Waals surface area (Å²) in [7, 11) is 0. The van der Waals surface area contributed by atoms with E-state index in [0.29, 0.717) is 17.0 Å². The molecule has 5 heteroatoms. The molecule has 0 aromatic carbocycles. The Morgan fingerprint density at radius 3 is 3.05 bits per heavy atom. The number of nitrogens with one attached hydrogen (secondary N) is 1. The molecule has 2 rings (SSSR count). The van der Waals surface area contributed by atoms with Gasteiger partial charge in [-0.05, 0) is 30.7 Å². The third kappa shape index (κ3) is 3.92. The number of aliphatic hydroxyl groups excluding tert-OH is 1. The van der Waals surface area contributed by atoms with Crippen molar-refractivity contribution >= 4 is 22.9 Å². The van der Waals surface area contributed by atoms with Crippen LogP contribution in [0.2, 0.25) is 0 Å². The molecule has 102 valence electrons. The van der Waals surface area contributed by atoms with Crippen LogP contribution in [0.3, 0.4) is 0 Å². The number of carbonyl (C=O) groups excluding carboxylic acids is 1. The van der Waals surface area contributed by atoms with Crippen LogP contribution in [0.25, 0.3) is 0 Å². The Bertz CT molecular complexity index is 668. The highest BCUT2D eigenvalue weighted by molar-refractivity contribution is 7.14. The summed E-state index contributed by atoms with van der Waals surface area (Å²) in [6, 6.07) is 5.41. The quantitative estimate of drug-likeness (QED) is 0.852. The molecule has 4 nitrogen and oxygen atoms in total. The Morgan fingerprint density at radius 2 is 2.30 bits per heavy atom. The fourth-order valence-electron chi connectivity index (χ4n) is 1.55. The Kier molecular flexibility index (Phi) is 4.88. The summed E-state index contributed by atoms with van der Waals surface area (Å²) in [5.41, 5.74) is 1.67. The van der Waals surface area contributed by atoms with Crippen molar-refractivity contribution in [1.82, 2.24) is 4.98 Å². The van der Waals surface area contributed by atoms with E-state index in [4.69, 9.17) is 5.11 Å². The van der Waals surface area contributed by atoms with Crippen molar-refractivity contribution < 1.29 is 9.90 Å². The number of aryl methyl sites for hydroxylation is 1. The molecule has 2 aromatic heterocycles. The molecule has 0 aliphatic carbocycles. The number of hydrogen-bond donors (Lipinski definition) is 2. The average molecular weight is 286 g/mol. The molecule has 0 saturated heterocycles. The third-order valence-electron chi connectivity index (χ3n) is 2.41. The Balaban J connectivity index is 2.05. The number of amides is 1. The maximum Gasteiger partial charge on any atom is 0.265 e. The lowest BCUT2D eigenvalue weighted by atomic mass is 10.3. The minimum absolute atomic E-state index is 0.0477. The van der Waals surface area contributed by atoms with E-state index in [-0.39, 0.29) is 12.5 Å². The Hall–Kier alpha value is -2.16. The van der Waals surface area contributed by atoms with Gasteiger partial charge < -0.3 is 10.4 Å². The number of anilines is 1. The lowest BCUT2D eigenvalue weighted by molar-refractivity contribution is 0.103. The number of aliphatic hydroxyl groups is 1. The van der Waals surface area contributed by atoms with Crippen LogP contribution < -0.4 is 5.32 Å². The molecule has 0 spiro atoms. The lowest BCUT2D eigenvalue weighted by Crippen LogP contribution is -2.10. The van der Waals surface area contributed by atoms with Gasteiger partial charge in [-0.1, -0.05) is 11.8 Å². The molecule has 0 aliphatic heterocycles. The zero-order valence-electron chi connectivity index (χ0n) is 11.0. The molecule has 0 fully saturated rings. The van der Waals surface area contributed by atoms with E-state index < -0.39 is 0 Å². The van der Waals surface area contributed by atoms with Crippen LogP contribution >= 0.6 is 11.3 Å². The monoisotopic (exact) mass is 286 g/mol.